The van der Waals surface area contributed by atoms with Crippen LogP contribution >= 0.6 is 11.6 Å². The zero-order valence-corrected chi connectivity index (χ0v) is 7.07. The van der Waals surface area contributed by atoms with Crippen molar-refractivity contribution in [1.29, 1.82) is 0 Å². The molecule has 0 aliphatic carbocycles. The molecule has 0 aliphatic heterocycles. The zero-order chi connectivity index (χ0) is 8.43. The Morgan fingerprint density at radius 1 is 1.45 bits per heavy atom. The van der Waals surface area contributed by atoms with Crippen molar-refractivity contribution >= 4 is 11.6 Å². The van der Waals surface area contributed by atoms with Gasteiger partial charge in [-0.2, -0.15) is 0 Å². The largest absolute Gasteiger partial charge is 0.492 e. The van der Waals surface area contributed by atoms with Gasteiger partial charge in [0.25, 0.3) is 0 Å². The van der Waals surface area contributed by atoms with Crippen LogP contribution < -0.4 is 4.74 Å². The van der Waals surface area contributed by atoms with E-state index in [2.05, 4.69) is 0 Å². The second-order valence-corrected chi connectivity index (χ2v) is 2.62. The molecule has 1 rings (SSSR count). The third-order valence-corrected chi connectivity index (χ3v) is 1.74. The van der Waals surface area contributed by atoms with Crippen molar-refractivity contribution in [3.8, 4) is 5.75 Å². The molecule has 0 aromatic heterocycles. The summed E-state index contributed by atoms with van der Waals surface area (Å²) in [6.07, 6.45) is 0. The van der Waals surface area contributed by atoms with Gasteiger partial charge in [-0.1, -0.05) is 17.7 Å². The molecule has 0 saturated carbocycles. The van der Waals surface area contributed by atoms with Gasteiger partial charge in [0.05, 0.1) is 12.1 Å². The van der Waals surface area contributed by atoms with Crippen molar-refractivity contribution < 1.29 is 9.13 Å². The highest BCUT2D eigenvalue weighted by molar-refractivity contribution is 6.32. The summed E-state index contributed by atoms with van der Waals surface area (Å²) < 4.78 is 17.8. The highest BCUT2D eigenvalue weighted by atomic mass is 35.5. The second-order valence-electron chi connectivity index (χ2n) is 2.21. The fourth-order valence-electron chi connectivity index (χ4n) is 0.818. The molecule has 0 amide bonds. The van der Waals surface area contributed by atoms with E-state index < -0.39 is 0 Å². The predicted octanol–water partition coefficient (Wildman–Crippen LogP) is 2.80. The van der Waals surface area contributed by atoms with Gasteiger partial charge in [-0.05, 0) is 18.6 Å². The van der Waals surface area contributed by atoms with E-state index in [1.165, 1.54) is 7.11 Å². The van der Waals surface area contributed by atoms with Gasteiger partial charge >= 0.3 is 0 Å². The summed E-state index contributed by atoms with van der Waals surface area (Å²) in [4.78, 5) is 0. The number of benzene rings is 1. The molecule has 11 heavy (non-hydrogen) atoms. The maximum absolute atomic E-state index is 13.1. The van der Waals surface area contributed by atoms with Crippen molar-refractivity contribution in [2.75, 3.05) is 7.11 Å². The Hall–Kier alpha value is -0.760. The fourth-order valence-corrected chi connectivity index (χ4v) is 1.04. The monoisotopic (exact) mass is 174 g/mol. The van der Waals surface area contributed by atoms with Crippen molar-refractivity contribution in [2.45, 2.75) is 6.92 Å². The van der Waals surface area contributed by atoms with Gasteiger partial charge in [-0.15, -0.1) is 0 Å². The molecule has 0 radical (unpaired) electrons. The van der Waals surface area contributed by atoms with E-state index >= 15 is 0 Å². The Morgan fingerprint density at radius 3 is 2.55 bits per heavy atom. The number of halogens is 2. The Morgan fingerprint density at radius 2 is 2.09 bits per heavy atom. The third-order valence-electron chi connectivity index (χ3n) is 1.45. The van der Waals surface area contributed by atoms with Crippen LogP contribution in [0.5, 0.6) is 5.75 Å². The van der Waals surface area contributed by atoms with E-state index in [-0.39, 0.29) is 11.6 Å². The highest BCUT2D eigenvalue weighted by Gasteiger charge is 2.08. The van der Waals surface area contributed by atoms with Crippen LogP contribution in [-0.4, -0.2) is 7.11 Å². The number of methoxy groups -OCH3 is 1. The van der Waals surface area contributed by atoms with Crippen LogP contribution in [0.25, 0.3) is 0 Å². The van der Waals surface area contributed by atoms with Crippen molar-refractivity contribution in [3.63, 3.8) is 0 Å². The second kappa shape index (κ2) is 3.09. The molecule has 1 nitrogen and oxygen atoms in total. The van der Waals surface area contributed by atoms with Crippen LogP contribution in [0.1, 0.15) is 5.56 Å². The Bertz CT molecular complexity index is 273. The van der Waals surface area contributed by atoms with Gasteiger partial charge in [-0.25, -0.2) is 4.39 Å². The summed E-state index contributed by atoms with van der Waals surface area (Å²) in [5.74, 6) is -0.272. The van der Waals surface area contributed by atoms with Gasteiger partial charge in [0.15, 0.2) is 11.6 Å². The Kier molecular flexibility index (Phi) is 2.35. The lowest BCUT2D eigenvalue weighted by atomic mass is 10.2. The maximum atomic E-state index is 13.1. The zero-order valence-electron chi connectivity index (χ0n) is 6.32. The Balaban J connectivity index is 3.29. The first kappa shape index (κ1) is 8.34. The Labute approximate surface area is 69.7 Å². The predicted molar refractivity (Wildman–Crippen MR) is 42.7 cm³/mol. The normalized spacial score (nSPS) is 9.82. The van der Waals surface area contributed by atoms with E-state index in [1.54, 1.807) is 19.1 Å². The minimum atomic E-state index is -0.389. The van der Waals surface area contributed by atoms with Crippen LogP contribution in [0.3, 0.4) is 0 Å². The number of ether oxygens (including phenoxy) is 1. The van der Waals surface area contributed by atoms with Gasteiger partial charge in [0.1, 0.15) is 0 Å². The lowest BCUT2D eigenvalue weighted by Crippen LogP contribution is -1.91. The van der Waals surface area contributed by atoms with Gasteiger partial charge in [0, 0.05) is 0 Å². The molecule has 60 valence electrons. The molecule has 0 saturated heterocycles. The molecular weight excluding hydrogens is 167 g/mol. The van der Waals surface area contributed by atoms with Gasteiger partial charge < -0.3 is 4.74 Å². The molecule has 0 bridgehead atoms. The molecular formula is C8H8ClFO. The smallest absolute Gasteiger partial charge is 0.173 e. The summed E-state index contributed by atoms with van der Waals surface area (Å²) in [5.41, 5.74) is 0.534. The van der Waals surface area contributed by atoms with E-state index in [0.717, 1.165) is 0 Å². The summed E-state index contributed by atoms with van der Waals surface area (Å²) in [5, 5.41) is 0.301. The lowest BCUT2D eigenvalue weighted by molar-refractivity contribution is 0.385. The number of aryl methyl sites for hydroxylation is 1. The molecule has 3 heteroatoms. The SMILES string of the molecule is COc1c(Cl)ccc(C)c1F. The standard InChI is InChI=1S/C8H8ClFO/c1-5-3-4-6(9)8(11-2)7(5)10/h3-4H,1-2H3. The molecule has 0 unspecified atom stereocenters. The van der Waals surface area contributed by atoms with Crippen LogP contribution in [0.15, 0.2) is 12.1 Å². The molecule has 1 aromatic rings. The van der Waals surface area contributed by atoms with Crippen LogP contribution in [-0.2, 0) is 0 Å². The average Bonchev–Trinajstić information content (AvgIpc) is 1.99. The molecule has 1 aromatic carbocycles. The van der Waals surface area contributed by atoms with Crippen LogP contribution in [0, 0.1) is 12.7 Å². The third kappa shape index (κ3) is 1.46. The first-order chi connectivity index (χ1) is 5.16. The topological polar surface area (TPSA) is 9.23 Å². The lowest BCUT2D eigenvalue weighted by Gasteiger charge is -2.05. The van der Waals surface area contributed by atoms with E-state index in [9.17, 15) is 4.39 Å². The highest BCUT2D eigenvalue weighted by Crippen LogP contribution is 2.28. The maximum Gasteiger partial charge on any atom is 0.173 e. The molecule has 0 spiro atoms. The van der Waals surface area contributed by atoms with Crippen LogP contribution in [0.4, 0.5) is 4.39 Å². The number of rotatable bonds is 1. The molecule has 0 N–H and O–H groups in total. The molecule has 0 aliphatic rings. The summed E-state index contributed by atoms with van der Waals surface area (Å²) in [6, 6.07) is 3.22. The van der Waals surface area contributed by atoms with Crippen molar-refractivity contribution in [1.82, 2.24) is 0 Å². The van der Waals surface area contributed by atoms with Gasteiger partial charge in [-0.3, -0.25) is 0 Å². The van der Waals surface area contributed by atoms with Crippen molar-refractivity contribution in [3.05, 3.63) is 28.5 Å². The summed E-state index contributed by atoms with van der Waals surface area (Å²) >= 11 is 5.64. The molecule has 0 fully saturated rings. The van der Waals surface area contributed by atoms with Crippen molar-refractivity contribution in [2.24, 2.45) is 0 Å². The van der Waals surface area contributed by atoms with E-state index in [0.29, 0.717) is 10.6 Å². The molecule has 0 atom stereocenters. The van der Waals surface area contributed by atoms with Gasteiger partial charge in [0.2, 0.25) is 0 Å². The van der Waals surface area contributed by atoms with E-state index in [4.69, 9.17) is 16.3 Å². The van der Waals surface area contributed by atoms with E-state index in [1.807, 2.05) is 0 Å². The molecule has 0 heterocycles. The number of hydrogen-bond donors (Lipinski definition) is 0. The summed E-state index contributed by atoms with van der Waals surface area (Å²) in [7, 11) is 1.39. The first-order valence-corrected chi connectivity index (χ1v) is 3.53. The minimum Gasteiger partial charge on any atom is -0.492 e. The summed E-state index contributed by atoms with van der Waals surface area (Å²) in [6.45, 7) is 1.66. The first-order valence-electron chi connectivity index (χ1n) is 3.15. The average molecular weight is 175 g/mol. The van der Waals surface area contributed by atoms with Crippen LogP contribution in [0.2, 0.25) is 5.02 Å². The fraction of sp³-hybridized carbons (Fsp3) is 0.250. The number of hydrogen-bond acceptors (Lipinski definition) is 1. The minimum absolute atomic E-state index is 0.117. The quantitative estimate of drug-likeness (QED) is 0.636.